The highest BCUT2D eigenvalue weighted by atomic mass is 32.2. The molecule has 3 nitrogen and oxygen atoms in total. The van der Waals surface area contributed by atoms with Gasteiger partial charge in [-0.3, -0.25) is 8.37 Å². The third kappa shape index (κ3) is 6.19. The normalized spacial score (nSPS) is 14.0. The Morgan fingerprint density at radius 3 is 2.50 bits per heavy atom. The summed E-state index contributed by atoms with van der Waals surface area (Å²) in [5, 5.41) is 0. The Bertz CT molecular complexity index is 103. The molecule has 0 aromatic rings. The Kier molecular flexibility index (Phi) is 5.87. The second-order valence-electron chi connectivity index (χ2n) is 2.17. The van der Waals surface area contributed by atoms with Gasteiger partial charge >= 0.3 is 11.4 Å². The van der Waals surface area contributed by atoms with E-state index in [2.05, 4.69) is 0 Å². The number of hydrogen-bond acceptors (Lipinski definition) is 3. The van der Waals surface area contributed by atoms with Crippen LogP contribution in [0, 0.1) is 0 Å². The standard InChI is InChI=1S/C6H14O3S/c1-4-5-8-10(7)9-6(2)3/h6H,4-5H2,1-3H3. The van der Waals surface area contributed by atoms with E-state index in [0.29, 0.717) is 6.61 Å². The molecule has 10 heavy (non-hydrogen) atoms. The minimum absolute atomic E-state index is 0.0438. The van der Waals surface area contributed by atoms with Crippen LogP contribution in [0.25, 0.3) is 0 Å². The molecule has 0 aromatic carbocycles. The fourth-order valence-electron chi connectivity index (χ4n) is 0.336. The first-order chi connectivity index (χ1) is 4.66. The van der Waals surface area contributed by atoms with Crippen molar-refractivity contribution in [2.24, 2.45) is 0 Å². The monoisotopic (exact) mass is 166 g/mol. The van der Waals surface area contributed by atoms with E-state index in [1.165, 1.54) is 0 Å². The van der Waals surface area contributed by atoms with E-state index in [1.54, 1.807) is 0 Å². The molecule has 0 amide bonds. The zero-order valence-electron chi connectivity index (χ0n) is 6.62. The number of hydrogen-bond donors (Lipinski definition) is 0. The van der Waals surface area contributed by atoms with E-state index in [4.69, 9.17) is 8.37 Å². The van der Waals surface area contributed by atoms with Gasteiger partial charge in [0.05, 0.1) is 12.7 Å². The average molecular weight is 166 g/mol. The van der Waals surface area contributed by atoms with Crippen LogP contribution in [0.5, 0.6) is 0 Å². The molecule has 0 radical (unpaired) electrons. The van der Waals surface area contributed by atoms with Gasteiger partial charge in [-0.2, -0.15) is 4.21 Å². The predicted molar refractivity (Wildman–Crippen MR) is 40.6 cm³/mol. The van der Waals surface area contributed by atoms with Gasteiger partial charge in [-0.05, 0) is 20.3 Å². The smallest absolute Gasteiger partial charge is 0.268 e. The van der Waals surface area contributed by atoms with Crippen LogP contribution in [-0.2, 0) is 19.7 Å². The zero-order valence-corrected chi connectivity index (χ0v) is 7.44. The van der Waals surface area contributed by atoms with Crippen LogP contribution in [0.1, 0.15) is 27.2 Å². The largest absolute Gasteiger partial charge is 0.304 e. The molecular formula is C6H14O3S. The van der Waals surface area contributed by atoms with E-state index >= 15 is 0 Å². The van der Waals surface area contributed by atoms with Crippen molar-refractivity contribution in [1.82, 2.24) is 0 Å². The summed E-state index contributed by atoms with van der Waals surface area (Å²) in [6.45, 7) is 6.06. The molecule has 0 aromatic heterocycles. The third-order valence-corrected chi connectivity index (χ3v) is 1.56. The predicted octanol–water partition coefficient (Wildman–Crippen LogP) is 1.42. The van der Waals surface area contributed by atoms with Gasteiger partial charge < -0.3 is 0 Å². The number of rotatable bonds is 5. The maximum Gasteiger partial charge on any atom is 0.304 e. The molecule has 0 bridgehead atoms. The van der Waals surface area contributed by atoms with Gasteiger partial charge in [-0.25, -0.2) is 0 Å². The van der Waals surface area contributed by atoms with Crippen molar-refractivity contribution in [2.75, 3.05) is 6.61 Å². The first-order valence-corrected chi connectivity index (χ1v) is 4.39. The first kappa shape index (κ1) is 10.1. The topological polar surface area (TPSA) is 35.5 Å². The SMILES string of the molecule is CCCOS(=O)OC(C)C. The van der Waals surface area contributed by atoms with Crippen LogP contribution < -0.4 is 0 Å². The van der Waals surface area contributed by atoms with E-state index in [-0.39, 0.29) is 6.10 Å². The van der Waals surface area contributed by atoms with Gasteiger partial charge in [0.15, 0.2) is 0 Å². The van der Waals surface area contributed by atoms with Crippen LogP contribution in [0.4, 0.5) is 0 Å². The Labute approximate surface area is 64.6 Å². The summed E-state index contributed by atoms with van der Waals surface area (Å²) in [6, 6.07) is 0. The van der Waals surface area contributed by atoms with Crippen LogP contribution in [-0.4, -0.2) is 16.9 Å². The van der Waals surface area contributed by atoms with E-state index in [1.807, 2.05) is 20.8 Å². The van der Waals surface area contributed by atoms with Crippen LogP contribution in [0.3, 0.4) is 0 Å². The van der Waals surface area contributed by atoms with E-state index in [0.717, 1.165) is 6.42 Å². The Hall–Kier alpha value is 0.0700. The van der Waals surface area contributed by atoms with Gasteiger partial charge in [0.25, 0.3) is 0 Å². The van der Waals surface area contributed by atoms with Gasteiger partial charge in [-0.15, -0.1) is 0 Å². The minimum Gasteiger partial charge on any atom is -0.268 e. The van der Waals surface area contributed by atoms with Crippen molar-refractivity contribution >= 4 is 11.4 Å². The highest BCUT2D eigenvalue weighted by Crippen LogP contribution is 1.95. The van der Waals surface area contributed by atoms with Crippen molar-refractivity contribution in [1.29, 1.82) is 0 Å². The molecule has 0 N–H and O–H groups in total. The van der Waals surface area contributed by atoms with Gasteiger partial charge in [0, 0.05) is 0 Å². The molecule has 0 aliphatic carbocycles. The summed E-state index contributed by atoms with van der Waals surface area (Å²) in [5.74, 6) is 0. The quantitative estimate of drug-likeness (QED) is 0.619. The molecule has 0 heterocycles. The van der Waals surface area contributed by atoms with E-state index < -0.39 is 11.4 Å². The summed E-state index contributed by atoms with van der Waals surface area (Å²) in [4.78, 5) is 0. The second kappa shape index (κ2) is 5.82. The van der Waals surface area contributed by atoms with E-state index in [9.17, 15) is 4.21 Å². The second-order valence-corrected chi connectivity index (χ2v) is 3.01. The zero-order chi connectivity index (χ0) is 7.98. The van der Waals surface area contributed by atoms with Gasteiger partial charge in [0.1, 0.15) is 0 Å². The van der Waals surface area contributed by atoms with Crippen molar-refractivity contribution in [3.05, 3.63) is 0 Å². The molecule has 0 spiro atoms. The molecule has 0 saturated heterocycles. The fourth-order valence-corrected chi connectivity index (χ4v) is 1.01. The lowest BCUT2D eigenvalue weighted by Crippen LogP contribution is -2.08. The molecule has 1 atom stereocenters. The average Bonchev–Trinajstić information content (AvgIpc) is 1.82. The van der Waals surface area contributed by atoms with Crippen molar-refractivity contribution in [2.45, 2.75) is 33.3 Å². The molecular weight excluding hydrogens is 152 g/mol. The molecule has 0 aliphatic rings. The molecule has 1 unspecified atom stereocenters. The minimum atomic E-state index is -1.55. The summed E-state index contributed by atoms with van der Waals surface area (Å²) >= 11 is -1.55. The molecule has 0 rings (SSSR count). The van der Waals surface area contributed by atoms with Crippen molar-refractivity contribution in [3.8, 4) is 0 Å². The Morgan fingerprint density at radius 1 is 1.50 bits per heavy atom. The maximum absolute atomic E-state index is 10.7. The lowest BCUT2D eigenvalue weighted by Gasteiger charge is -2.04. The molecule has 4 heteroatoms. The van der Waals surface area contributed by atoms with Gasteiger partial charge in [0.2, 0.25) is 0 Å². The third-order valence-electron chi connectivity index (χ3n) is 0.655. The van der Waals surface area contributed by atoms with Crippen LogP contribution in [0.15, 0.2) is 0 Å². The van der Waals surface area contributed by atoms with Crippen LogP contribution in [0.2, 0.25) is 0 Å². The van der Waals surface area contributed by atoms with Crippen molar-refractivity contribution in [3.63, 3.8) is 0 Å². The molecule has 62 valence electrons. The molecule has 0 fully saturated rings. The maximum atomic E-state index is 10.7. The Balaban J connectivity index is 3.26. The fraction of sp³-hybridized carbons (Fsp3) is 1.00. The summed E-state index contributed by atoms with van der Waals surface area (Å²) in [7, 11) is 0. The summed E-state index contributed by atoms with van der Waals surface area (Å²) in [5.41, 5.74) is 0. The lowest BCUT2D eigenvalue weighted by atomic mass is 10.5. The molecule has 0 aliphatic heterocycles. The Morgan fingerprint density at radius 2 is 2.10 bits per heavy atom. The van der Waals surface area contributed by atoms with Gasteiger partial charge in [-0.1, -0.05) is 6.92 Å². The van der Waals surface area contributed by atoms with Crippen LogP contribution >= 0.6 is 0 Å². The van der Waals surface area contributed by atoms with Crippen molar-refractivity contribution < 1.29 is 12.6 Å². The highest BCUT2D eigenvalue weighted by Gasteiger charge is 2.01. The first-order valence-electron chi connectivity index (χ1n) is 3.39. The lowest BCUT2D eigenvalue weighted by molar-refractivity contribution is 0.208. The highest BCUT2D eigenvalue weighted by molar-refractivity contribution is 7.75. The summed E-state index contributed by atoms with van der Waals surface area (Å²) in [6.07, 6.45) is 0.811. The molecule has 0 saturated carbocycles. The summed E-state index contributed by atoms with van der Waals surface area (Å²) < 4.78 is 20.2.